The maximum atomic E-state index is 12.6. The van der Waals surface area contributed by atoms with Crippen LogP contribution in [0.2, 0.25) is 0 Å². The monoisotopic (exact) mass is 428 g/mol. The van der Waals surface area contributed by atoms with Crippen molar-refractivity contribution in [3.63, 3.8) is 0 Å². The lowest BCUT2D eigenvalue weighted by Gasteiger charge is -2.18. The Morgan fingerprint density at radius 2 is 1.83 bits per heavy atom. The minimum atomic E-state index is -3.83. The van der Waals surface area contributed by atoms with E-state index in [0.717, 1.165) is 4.31 Å². The summed E-state index contributed by atoms with van der Waals surface area (Å²) < 4.78 is 60.2. The Balaban J connectivity index is 2.27. The highest BCUT2D eigenvalue weighted by Crippen LogP contribution is 2.27. The summed E-state index contributed by atoms with van der Waals surface area (Å²) >= 11 is 0. The van der Waals surface area contributed by atoms with Crippen LogP contribution in [0.3, 0.4) is 0 Å². The number of benzene rings is 2. The van der Waals surface area contributed by atoms with E-state index in [1.54, 1.807) is 13.0 Å². The Labute approximate surface area is 168 Å². The van der Waals surface area contributed by atoms with E-state index in [1.807, 2.05) is 0 Å². The van der Waals surface area contributed by atoms with Crippen molar-refractivity contribution in [3.8, 4) is 11.5 Å². The van der Waals surface area contributed by atoms with Gasteiger partial charge in [-0.2, -0.15) is 8.78 Å². The topological polar surface area (TPSA) is 84.9 Å². The van der Waals surface area contributed by atoms with Crippen LogP contribution in [0, 0.1) is 0 Å². The number of sulfonamides is 1. The summed E-state index contributed by atoms with van der Waals surface area (Å²) in [4.78, 5) is 12.5. The number of carbonyl (C=O) groups excluding carboxylic acids is 1. The molecule has 0 saturated heterocycles. The molecule has 1 amide bonds. The van der Waals surface area contributed by atoms with Gasteiger partial charge in [0.15, 0.2) is 0 Å². The van der Waals surface area contributed by atoms with Crippen LogP contribution in [0.4, 0.5) is 8.78 Å². The highest BCUT2D eigenvalue weighted by molar-refractivity contribution is 7.89. The third-order valence-electron chi connectivity index (χ3n) is 4.12. The molecule has 0 aromatic heterocycles. The van der Waals surface area contributed by atoms with Crippen molar-refractivity contribution in [3.05, 3.63) is 53.6 Å². The number of hydrogen-bond donors (Lipinski definition) is 1. The van der Waals surface area contributed by atoms with Gasteiger partial charge in [-0.05, 0) is 42.8 Å². The van der Waals surface area contributed by atoms with Gasteiger partial charge in [0.25, 0.3) is 5.91 Å². The molecule has 1 unspecified atom stereocenters. The summed E-state index contributed by atoms with van der Waals surface area (Å²) in [6.07, 6.45) is 0. The molecule has 0 heterocycles. The standard InChI is InChI=1S/C19H22F2N2O5S/c1-12(13-6-5-7-15(10-13)28-19(20)21)22-18(24)14-8-9-16(27-4)17(11-14)29(25,26)23(2)3/h5-12,19H,1-4H3,(H,22,24). The van der Waals surface area contributed by atoms with Gasteiger partial charge in [-0.15, -0.1) is 0 Å². The fourth-order valence-electron chi connectivity index (χ4n) is 2.54. The molecule has 0 radical (unpaired) electrons. The molecule has 29 heavy (non-hydrogen) atoms. The molecule has 2 rings (SSSR count). The molecule has 0 saturated carbocycles. The molecule has 0 bridgehead atoms. The normalized spacial score (nSPS) is 12.7. The molecular formula is C19H22F2N2O5S. The highest BCUT2D eigenvalue weighted by Gasteiger charge is 2.24. The number of carbonyl (C=O) groups is 1. The van der Waals surface area contributed by atoms with Crippen LogP contribution in [-0.2, 0) is 10.0 Å². The molecule has 0 spiro atoms. The number of halogens is 2. The number of hydrogen-bond acceptors (Lipinski definition) is 5. The fourth-order valence-corrected chi connectivity index (χ4v) is 3.61. The fraction of sp³-hybridized carbons (Fsp3) is 0.316. The van der Waals surface area contributed by atoms with Crippen LogP contribution in [0.25, 0.3) is 0 Å². The van der Waals surface area contributed by atoms with Crippen LogP contribution in [-0.4, -0.2) is 46.4 Å². The number of methoxy groups -OCH3 is 1. The third kappa shape index (κ3) is 5.42. The summed E-state index contributed by atoms with van der Waals surface area (Å²) in [5, 5.41) is 2.71. The lowest BCUT2D eigenvalue weighted by atomic mass is 10.1. The Kier molecular flexibility index (Phi) is 7.15. The minimum absolute atomic E-state index is 0.0255. The van der Waals surface area contributed by atoms with E-state index in [2.05, 4.69) is 10.1 Å². The molecule has 0 aliphatic carbocycles. The number of nitrogens with one attached hydrogen (secondary N) is 1. The van der Waals surface area contributed by atoms with Crippen LogP contribution in [0.15, 0.2) is 47.4 Å². The van der Waals surface area contributed by atoms with Crippen molar-refractivity contribution in [1.82, 2.24) is 9.62 Å². The number of nitrogens with zero attached hydrogens (tertiary/aromatic N) is 1. The van der Waals surface area contributed by atoms with Crippen molar-refractivity contribution in [2.45, 2.75) is 24.5 Å². The van der Waals surface area contributed by atoms with E-state index >= 15 is 0 Å². The molecule has 2 aromatic carbocycles. The molecule has 0 fully saturated rings. The third-order valence-corrected chi connectivity index (χ3v) is 5.95. The second kappa shape index (κ2) is 9.19. The second-order valence-corrected chi connectivity index (χ2v) is 8.42. The first-order valence-corrected chi connectivity index (χ1v) is 9.96. The molecule has 158 valence electrons. The van der Waals surface area contributed by atoms with E-state index in [-0.39, 0.29) is 22.0 Å². The van der Waals surface area contributed by atoms with Crippen LogP contribution >= 0.6 is 0 Å². The van der Waals surface area contributed by atoms with Crippen molar-refractivity contribution in [2.75, 3.05) is 21.2 Å². The van der Waals surface area contributed by atoms with Gasteiger partial charge in [0, 0.05) is 19.7 Å². The molecule has 2 aromatic rings. The number of alkyl halides is 2. The summed E-state index contributed by atoms with van der Waals surface area (Å²) in [5.41, 5.74) is 0.657. The van der Waals surface area contributed by atoms with Gasteiger partial charge in [0.05, 0.1) is 13.2 Å². The first-order chi connectivity index (χ1) is 13.6. The van der Waals surface area contributed by atoms with Crippen LogP contribution in [0.1, 0.15) is 28.9 Å². The summed E-state index contributed by atoms with van der Waals surface area (Å²) in [7, 11) is 0.247. The van der Waals surface area contributed by atoms with Gasteiger partial charge in [-0.25, -0.2) is 12.7 Å². The average molecular weight is 428 g/mol. The number of rotatable bonds is 8. The number of ether oxygens (including phenoxy) is 2. The van der Waals surface area contributed by atoms with Crippen molar-refractivity contribution in [2.24, 2.45) is 0 Å². The first kappa shape index (κ1) is 22.6. The van der Waals surface area contributed by atoms with Crippen LogP contribution < -0.4 is 14.8 Å². The van der Waals surface area contributed by atoms with E-state index < -0.39 is 28.6 Å². The van der Waals surface area contributed by atoms with Gasteiger partial charge in [0.2, 0.25) is 10.0 Å². The maximum Gasteiger partial charge on any atom is 0.387 e. The zero-order valence-electron chi connectivity index (χ0n) is 16.3. The van der Waals surface area contributed by atoms with E-state index in [1.165, 1.54) is 57.6 Å². The summed E-state index contributed by atoms with van der Waals surface area (Å²) in [6, 6.07) is 9.48. The van der Waals surface area contributed by atoms with E-state index in [9.17, 15) is 22.0 Å². The highest BCUT2D eigenvalue weighted by atomic mass is 32.2. The Morgan fingerprint density at radius 1 is 1.14 bits per heavy atom. The first-order valence-electron chi connectivity index (χ1n) is 8.52. The lowest BCUT2D eigenvalue weighted by molar-refractivity contribution is -0.0499. The Hall–Kier alpha value is -2.72. The van der Waals surface area contributed by atoms with Crippen LogP contribution in [0.5, 0.6) is 11.5 Å². The minimum Gasteiger partial charge on any atom is -0.495 e. The van der Waals surface area contributed by atoms with Gasteiger partial charge in [0.1, 0.15) is 16.4 Å². The summed E-state index contributed by atoms with van der Waals surface area (Å²) in [6.45, 7) is -1.29. The van der Waals surface area contributed by atoms with Gasteiger partial charge >= 0.3 is 6.61 Å². The predicted octanol–water partition coefficient (Wildman–Crippen LogP) is 3.04. The Morgan fingerprint density at radius 3 is 2.41 bits per heavy atom. The SMILES string of the molecule is COc1ccc(C(=O)NC(C)c2cccc(OC(F)F)c2)cc1S(=O)(=O)N(C)C. The molecular weight excluding hydrogens is 406 g/mol. The second-order valence-electron chi connectivity index (χ2n) is 6.30. The largest absolute Gasteiger partial charge is 0.495 e. The molecule has 0 aliphatic rings. The Bertz CT molecular complexity index is 980. The van der Waals surface area contributed by atoms with Crippen molar-refractivity contribution in [1.29, 1.82) is 0 Å². The zero-order valence-corrected chi connectivity index (χ0v) is 17.2. The van der Waals surface area contributed by atoms with Gasteiger partial charge < -0.3 is 14.8 Å². The summed E-state index contributed by atoms with van der Waals surface area (Å²) in [5.74, 6) is -0.446. The molecule has 7 nitrogen and oxygen atoms in total. The van der Waals surface area contributed by atoms with Crippen molar-refractivity contribution < 1.29 is 31.5 Å². The lowest BCUT2D eigenvalue weighted by Crippen LogP contribution is -2.27. The average Bonchev–Trinajstić information content (AvgIpc) is 2.66. The maximum absolute atomic E-state index is 12.6. The smallest absolute Gasteiger partial charge is 0.387 e. The molecule has 10 heteroatoms. The zero-order chi connectivity index (χ0) is 21.8. The molecule has 1 N–H and O–H groups in total. The predicted molar refractivity (Wildman–Crippen MR) is 103 cm³/mol. The quantitative estimate of drug-likeness (QED) is 0.699. The van der Waals surface area contributed by atoms with Crippen molar-refractivity contribution >= 4 is 15.9 Å². The molecule has 0 aliphatic heterocycles. The van der Waals surface area contributed by atoms with E-state index in [0.29, 0.717) is 5.56 Å². The van der Waals surface area contributed by atoms with Gasteiger partial charge in [-0.3, -0.25) is 4.79 Å². The van der Waals surface area contributed by atoms with Gasteiger partial charge in [-0.1, -0.05) is 12.1 Å². The van der Waals surface area contributed by atoms with E-state index in [4.69, 9.17) is 4.74 Å². The number of amides is 1. The molecule has 1 atom stereocenters.